The Morgan fingerprint density at radius 2 is 1.43 bits per heavy atom. The second kappa shape index (κ2) is 11.2. The van der Waals surface area contributed by atoms with Crippen LogP contribution in [0.5, 0.6) is 11.5 Å². The van der Waals surface area contributed by atoms with Crippen molar-refractivity contribution >= 4 is 33.2 Å². The molecule has 0 unspecified atom stereocenters. The molecule has 0 N–H and O–H groups in total. The molecule has 238 valence electrons. The van der Waals surface area contributed by atoms with E-state index in [9.17, 15) is 0 Å². The molecule has 0 aliphatic carbocycles. The smallest absolute Gasteiger partial charge is 0.143 e. The van der Waals surface area contributed by atoms with Gasteiger partial charge >= 0.3 is 0 Å². The lowest BCUT2D eigenvalue weighted by atomic mass is 9.88. The van der Waals surface area contributed by atoms with Gasteiger partial charge in [-0.1, -0.05) is 81.4 Å². The van der Waals surface area contributed by atoms with Crippen molar-refractivity contribution in [2.24, 2.45) is 0 Å². The van der Waals surface area contributed by atoms with E-state index in [4.69, 9.17) is 9.72 Å². The van der Waals surface area contributed by atoms with Gasteiger partial charge < -0.3 is 14.2 Å². The molecule has 4 heterocycles. The zero-order valence-electron chi connectivity index (χ0n) is 27.7. The molecule has 0 radical (unpaired) electrons. The Labute approximate surface area is 285 Å². The van der Waals surface area contributed by atoms with Crippen LogP contribution in [0.3, 0.4) is 0 Å². The Hall–Kier alpha value is -6.14. The summed E-state index contributed by atoms with van der Waals surface area (Å²) < 4.78 is 11.3. The topological polar surface area (TPSA) is 48.1 Å². The van der Waals surface area contributed by atoms with Gasteiger partial charge in [0.25, 0.3) is 0 Å². The highest BCUT2D eigenvalue weighted by atomic mass is 16.5. The summed E-state index contributed by atoms with van der Waals surface area (Å²) in [7, 11) is 0. The molecule has 6 nitrogen and oxygen atoms in total. The summed E-state index contributed by atoms with van der Waals surface area (Å²) in [5, 5.41) is 2.34. The van der Waals surface area contributed by atoms with Crippen molar-refractivity contribution < 1.29 is 4.74 Å². The minimum absolute atomic E-state index is 0.000497. The third-order valence-corrected chi connectivity index (χ3v) is 9.48. The standard InChI is InChI=1S/C43H35N5O/c1-43(2,3)31-19-20-44-41(25-31)48-39-16-10-7-13-35(39)36-18-17-33(27-40(36)48)49-34-24-30(29-11-5-4-6-12-29)23-32(26-34)47-28-46-22-21-45-42(46)37-14-8-9-15-38(37)47/h4-27H,28H2,1-3H3. The zero-order chi connectivity index (χ0) is 33.1. The van der Waals surface area contributed by atoms with Crippen LogP contribution in [0.4, 0.5) is 11.4 Å². The molecule has 1 aliphatic rings. The van der Waals surface area contributed by atoms with Crippen LogP contribution in [-0.2, 0) is 12.1 Å². The normalized spacial score (nSPS) is 12.7. The molecule has 9 rings (SSSR count). The van der Waals surface area contributed by atoms with E-state index in [0.29, 0.717) is 6.67 Å². The fraction of sp³-hybridized carbons (Fsp3) is 0.116. The first-order valence-electron chi connectivity index (χ1n) is 16.7. The van der Waals surface area contributed by atoms with Crippen LogP contribution in [0.2, 0.25) is 0 Å². The van der Waals surface area contributed by atoms with E-state index in [-0.39, 0.29) is 5.41 Å². The number of fused-ring (bicyclic) bond motifs is 6. The quantitative estimate of drug-likeness (QED) is 0.188. The van der Waals surface area contributed by atoms with Gasteiger partial charge in [-0.05, 0) is 76.7 Å². The first kappa shape index (κ1) is 29.0. The number of nitrogens with zero attached hydrogens (tertiary/aromatic N) is 5. The lowest BCUT2D eigenvalue weighted by molar-refractivity contribution is 0.483. The number of para-hydroxylation sites is 2. The van der Waals surface area contributed by atoms with Crippen LogP contribution >= 0.6 is 0 Å². The van der Waals surface area contributed by atoms with Gasteiger partial charge in [0, 0.05) is 52.7 Å². The first-order chi connectivity index (χ1) is 23.9. The van der Waals surface area contributed by atoms with Gasteiger partial charge in [-0.25, -0.2) is 9.97 Å². The van der Waals surface area contributed by atoms with Crippen LogP contribution < -0.4 is 9.64 Å². The Morgan fingerprint density at radius 1 is 0.633 bits per heavy atom. The number of hydrogen-bond acceptors (Lipinski definition) is 4. The number of rotatable bonds is 5. The second-order valence-electron chi connectivity index (χ2n) is 13.7. The van der Waals surface area contributed by atoms with Gasteiger partial charge in [-0.3, -0.25) is 4.57 Å². The molecular weight excluding hydrogens is 603 g/mol. The summed E-state index contributed by atoms with van der Waals surface area (Å²) in [5.74, 6) is 3.40. The number of anilines is 2. The maximum atomic E-state index is 6.81. The van der Waals surface area contributed by atoms with Crippen molar-refractivity contribution in [3.05, 3.63) is 152 Å². The Kier molecular flexibility index (Phi) is 6.66. The number of pyridine rings is 1. The minimum Gasteiger partial charge on any atom is -0.457 e. The van der Waals surface area contributed by atoms with E-state index in [1.165, 1.54) is 10.9 Å². The van der Waals surface area contributed by atoms with Crippen LogP contribution in [0.25, 0.3) is 50.1 Å². The molecule has 0 saturated heterocycles. The Bertz CT molecular complexity index is 2500. The summed E-state index contributed by atoms with van der Waals surface area (Å²) in [5.41, 5.74) is 8.88. The van der Waals surface area contributed by atoms with Crippen LogP contribution in [0.15, 0.2) is 146 Å². The molecule has 0 amide bonds. The highest BCUT2D eigenvalue weighted by Crippen LogP contribution is 2.43. The molecule has 0 spiro atoms. The molecule has 5 aromatic carbocycles. The summed E-state index contributed by atoms with van der Waals surface area (Å²) in [6, 6.07) is 44.7. The molecule has 0 saturated carbocycles. The lowest BCUT2D eigenvalue weighted by Gasteiger charge is -2.32. The van der Waals surface area contributed by atoms with Gasteiger partial charge in [0.1, 0.15) is 29.8 Å². The third kappa shape index (κ3) is 5.04. The van der Waals surface area contributed by atoms with Crippen LogP contribution in [-0.4, -0.2) is 19.1 Å². The average Bonchev–Trinajstić information content (AvgIpc) is 3.74. The van der Waals surface area contributed by atoms with Crippen molar-refractivity contribution in [2.75, 3.05) is 4.90 Å². The first-order valence-corrected chi connectivity index (χ1v) is 16.7. The molecule has 6 heteroatoms. The maximum Gasteiger partial charge on any atom is 0.143 e. The number of imidazole rings is 1. The monoisotopic (exact) mass is 637 g/mol. The van der Waals surface area contributed by atoms with E-state index < -0.39 is 0 Å². The summed E-state index contributed by atoms with van der Waals surface area (Å²) >= 11 is 0. The summed E-state index contributed by atoms with van der Waals surface area (Å²) in [4.78, 5) is 11.8. The van der Waals surface area contributed by atoms with Gasteiger partial charge in [0.15, 0.2) is 0 Å². The van der Waals surface area contributed by atoms with E-state index >= 15 is 0 Å². The van der Waals surface area contributed by atoms with Gasteiger partial charge in [-0.2, -0.15) is 0 Å². The molecule has 49 heavy (non-hydrogen) atoms. The van der Waals surface area contributed by atoms with Crippen molar-refractivity contribution in [1.82, 2.24) is 19.1 Å². The van der Waals surface area contributed by atoms with E-state index in [0.717, 1.165) is 67.6 Å². The fourth-order valence-electron chi connectivity index (χ4n) is 7.01. The van der Waals surface area contributed by atoms with Crippen molar-refractivity contribution in [3.8, 4) is 39.8 Å². The highest BCUT2D eigenvalue weighted by molar-refractivity contribution is 6.09. The van der Waals surface area contributed by atoms with E-state index in [1.807, 2.05) is 24.7 Å². The zero-order valence-corrected chi connectivity index (χ0v) is 27.7. The predicted molar refractivity (Wildman–Crippen MR) is 199 cm³/mol. The second-order valence-corrected chi connectivity index (χ2v) is 13.7. The Morgan fingerprint density at radius 3 is 2.31 bits per heavy atom. The summed E-state index contributed by atoms with van der Waals surface area (Å²) in [6.07, 6.45) is 5.82. The number of aromatic nitrogens is 4. The van der Waals surface area contributed by atoms with Crippen molar-refractivity contribution in [2.45, 2.75) is 32.9 Å². The van der Waals surface area contributed by atoms with Crippen molar-refractivity contribution in [1.29, 1.82) is 0 Å². The highest BCUT2D eigenvalue weighted by Gasteiger charge is 2.25. The largest absolute Gasteiger partial charge is 0.457 e. The number of ether oxygens (including phenoxy) is 1. The fourth-order valence-corrected chi connectivity index (χ4v) is 7.01. The van der Waals surface area contributed by atoms with Crippen LogP contribution in [0.1, 0.15) is 26.3 Å². The predicted octanol–water partition coefficient (Wildman–Crippen LogP) is 10.9. The average molecular weight is 638 g/mol. The van der Waals surface area contributed by atoms with E-state index in [2.05, 4.69) is 161 Å². The van der Waals surface area contributed by atoms with Crippen molar-refractivity contribution in [3.63, 3.8) is 0 Å². The molecular formula is C43H35N5O. The number of benzene rings is 5. The molecule has 8 aromatic rings. The van der Waals surface area contributed by atoms with Gasteiger partial charge in [0.05, 0.1) is 16.7 Å². The lowest BCUT2D eigenvalue weighted by Crippen LogP contribution is -2.25. The van der Waals surface area contributed by atoms with Gasteiger partial charge in [0.2, 0.25) is 0 Å². The molecule has 1 aliphatic heterocycles. The third-order valence-electron chi connectivity index (χ3n) is 9.48. The van der Waals surface area contributed by atoms with E-state index in [1.54, 1.807) is 0 Å². The molecule has 3 aromatic heterocycles. The maximum absolute atomic E-state index is 6.81. The SMILES string of the molecule is CC(C)(C)c1ccnc(-n2c3ccccc3c3ccc(Oc4cc(-c5ccccc5)cc(N5Cn6ccnc6-c6ccccc65)c4)cc32)c1. The molecule has 0 bridgehead atoms. The molecule has 0 fully saturated rings. The van der Waals surface area contributed by atoms with Gasteiger partial charge in [-0.15, -0.1) is 0 Å². The summed E-state index contributed by atoms with van der Waals surface area (Å²) in [6.45, 7) is 7.35. The number of hydrogen-bond donors (Lipinski definition) is 0. The Balaban J connectivity index is 1.18. The van der Waals surface area contributed by atoms with Crippen LogP contribution in [0, 0.1) is 0 Å². The molecule has 0 atom stereocenters. The minimum atomic E-state index is 0.000497.